The molecule has 0 fully saturated rings. The second kappa shape index (κ2) is 29.3. The topological polar surface area (TPSA) is 186 Å². The summed E-state index contributed by atoms with van der Waals surface area (Å²) in [5, 5.41) is 14.7. The highest BCUT2D eigenvalue weighted by Crippen LogP contribution is 2.15. The first kappa shape index (κ1) is 53.3. The number of hydrogen-bond donors (Lipinski definition) is 5. The van der Waals surface area contributed by atoms with Crippen LogP contribution in [0.25, 0.3) is 0 Å². The summed E-state index contributed by atoms with van der Waals surface area (Å²) in [6.45, 7) is 2.23. The van der Waals surface area contributed by atoms with E-state index in [-0.39, 0.29) is 75.3 Å². The minimum Gasteiger partial charge on any atom is -0.377 e. The van der Waals surface area contributed by atoms with Gasteiger partial charge in [-0.1, -0.05) is 91.0 Å². The monoisotopic (exact) mass is 959 g/mol. The zero-order valence-corrected chi connectivity index (χ0v) is 40.7. The molecule has 0 aliphatic heterocycles. The summed E-state index contributed by atoms with van der Waals surface area (Å²) < 4.78 is 17.2. The van der Waals surface area contributed by atoms with E-state index >= 15 is 0 Å². The van der Waals surface area contributed by atoms with E-state index in [1.165, 1.54) is 0 Å². The number of hydrogen-bond acceptors (Lipinski definition) is 12. The number of para-hydroxylation sites is 5. The Morgan fingerprint density at radius 1 is 0.333 bits per heavy atom. The smallest absolute Gasteiger partial charge is 0.377 e. The highest BCUT2D eigenvalue weighted by Gasteiger charge is 2.38. The van der Waals surface area contributed by atoms with Gasteiger partial charge in [0.05, 0.1) is 32.7 Å². The van der Waals surface area contributed by atoms with E-state index in [4.69, 9.17) is 13.3 Å². The van der Waals surface area contributed by atoms with Gasteiger partial charge in [-0.25, -0.2) is 0 Å². The largest absolute Gasteiger partial charge is 0.501 e. The molecule has 0 aromatic heterocycles. The predicted octanol–water partition coefficient (Wildman–Crippen LogP) is 5.27. The number of carbonyl (C=O) groups is 5. The Morgan fingerprint density at radius 3 is 0.797 bits per heavy atom. The van der Waals surface area contributed by atoms with Crippen LogP contribution in [0.5, 0.6) is 0 Å². The number of carbonyl (C=O) groups excluding carboxylic acids is 5. The Kier molecular flexibility index (Phi) is 22.7. The van der Waals surface area contributed by atoms with Crippen LogP contribution < -0.4 is 26.6 Å². The van der Waals surface area contributed by atoms with Crippen LogP contribution in [0, 0.1) is 0 Å². The van der Waals surface area contributed by atoms with Gasteiger partial charge in [-0.15, -0.1) is 0 Å². The summed E-state index contributed by atoms with van der Waals surface area (Å²) in [7, 11) is 1.59. The van der Waals surface area contributed by atoms with Gasteiger partial charge in [0.15, 0.2) is 0 Å². The quantitative estimate of drug-likeness (QED) is 0.0377. The van der Waals surface area contributed by atoms with Gasteiger partial charge in [0.2, 0.25) is 29.5 Å². The number of benzene rings is 5. The molecule has 5 amide bonds. The fourth-order valence-corrected chi connectivity index (χ4v) is 9.06. The highest BCUT2D eigenvalue weighted by molar-refractivity contribution is 6.60. The van der Waals surface area contributed by atoms with Crippen LogP contribution in [0.2, 0.25) is 6.04 Å². The zero-order valence-electron chi connectivity index (χ0n) is 39.7. The van der Waals surface area contributed by atoms with E-state index in [0.717, 1.165) is 0 Å². The molecule has 5 aromatic rings. The van der Waals surface area contributed by atoms with Crippen molar-refractivity contribution in [3.05, 3.63) is 152 Å². The highest BCUT2D eigenvalue weighted by atomic mass is 28.4. The summed E-state index contributed by atoms with van der Waals surface area (Å²) in [6.07, 6.45) is 0. The van der Waals surface area contributed by atoms with Crippen molar-refractivity contribution in [2.75, 3.05) is 126 Å². The fourth-order valence-electron chi connectivity index (χ4n) is 7.36. The molecular formula is C51H65N9O8Si. The normalized spacial score (nSPS) is 11.4. The molecule has 5 aromatic carbocycles. The number of rotatable bonds is 30. The van der Waals surface area contributed by atoms with Crippen LogP contribution in [-0.2, 0) is 37.3 Å². The molecule has 5 rings (SSSR count). The molecule has 0 aliphatic rings. The van der Waals surface area contributed by atoms with Crippen molar-refractivity contribution in [3.63, 3.8) is 0 Å². The molecular weight excluding hydrogens is 895 g/mol. The van der Waals surface area contributed by atoms with E-state index < -0.39 is 8.80 Å². The molecule has 0 atom stereocenters. The van der Waals surface area contributed by atoms with Crippen LogP contribution in [0.4, 0.5) is 28.4 Å². The van der Waals surface area contributed by atoms with E-state index in [1.54, 1.807) is 79.7 Å². The van der Waals surface area contributed by atoms with E-state index in [1.807, 2.05) is 108 Å². The minimum absolute atomic E-state index is 0.0429. The van der Waals surface area contributed by atoms with Gasteiger partial charge in [0.25, 0.3) is 0 Å². The van der Waals surface area contributed by atoms with Gasteiger partial charge in [0.1, 0.15) is 0 Å². The summed E-state index contributed by atoms with van der Waals surface area (Å²) >= 11 is 0. The lowest BCUT2D eigenvalue weighted by Gasteiger charge is -2.32. The van der Waals surface area contributed by atoms with Crippen molar-refractivity contribution in [2.24, 2.45) is 0 Å². The van der Waals surface area contributed by atoms with Gasteiger partial charge in [-0.2, -0.15) is 0 Å². The summed E-state index contributed by atoms with van der Waals surface area (Å²) in [5.74, 6) is -1.39. The third kappa shape index (κ3) is 20.3. The van der Waals surface area contributed by atoms with Crippen molar-refractivity contribution in [1.82, 2.24) is 19.6 Å². The van der Waals surface area contributed by atoms with Crippen LogP contribution >= 0.6 is 0 Å². The van der Waals surface area contributed by atoms with Gasteiger partial charge < -0.3 is 39.9 Å². The van der Waals surface area contributed by atoms with Crippen LogP contribution in [0.3, 0.4) is 0 Å². The number of nitrogens with zero attached hydrogens (tertiary/aromatic N) is 4. The number of anilines is 5. The lowest BCUT2D eigenvalue weighted by Crippen LogP contribution is -2.49. The van der Waals surface area contributed by atoms with Gasteiger partial charge in [0, 0.05) is 102 Å². The van der Waals surface area contributed by atoms with E-state index in [2.05, 4.69) is 31.5 Å². The molecule has 5 N–H and O–H groups in total. The molecule has 0 aliphatic carbocycles. The van der Waals surface area contributed by atoms with Crippen molar-refractivity contribution < 1.29 is 37.3 Å². The van der Waals surface area contributed by atoms with Crippen LogP contribution in [-0.4, -0.2) is 158 Å². The molecule has 69 heavy (non-hydrogen) atoms. The van der Waals surface area contributed by atoms with Crippen LogP contribution in [0.1, 0.15) is 0 Å². The maximum Gasteiger partial charge on any atom is 0.501 e. The lowest BCUT2D eigenvalue weighted by molar-refractivity contribution is -0.121. The Bertz CT molecular complexity index is 2060. The summed E-state index contributed by atoms with van der Waals surface area (Å²) in [5.41, 5.74) is 3.18. The summed E-state index contributed by atoms with van der Waals surface area (Å²) in [6, 6.07) is 46.0. The van der Waals surface area contributed by atoms with Crippen LogP contribution in [0.15, 0.2) is 152 Å². The van der Waals surface area contributed by atoms with Crippen molar-refractivity contribution in [2.45, 2.75) is 6.04 Å². The minimum atomic E-state index is -3.05. The first-order chi connectivity index (χ1) is 33.5. The Balaban J connectivity index is 1.39. The van der Waals surface area contributed by atoms with E-state index in [9.17, 15) is 24.0 Å². The second-order valence-corrected chi connectivity index (χ2v) is 19.2. The molecule has 0 heterocycles. The summed E-state index contributed by atoms with van der Waals surface area (Å²) in [4.78, 5) is 75.3. The molecule has 0 unspecified atom stereocenters. The maximum absolute atomic E-state index is 13.6. The lowest BCUT2D eigenvalue weighted by atomic mass is 10.3. The standard InChI is InChI=1S/C51H65N9O8Si/c1-66-69(67-2,68-3)36-35-58(37-47(61)52-42-19-9-4-10-20-42)32-29-57(30-33-59(38-48(62)53-43-21-11-5-12-22-43)39-49(63)54-44-23-13-6-14-24-44)31-34-60(40-50(64)55-45-25-15-7-16-26-45)41-51(65)56-46-27-17-8-18-28-46/h4-28H,29-41H2,1-3H3,(H,52,61)(H,53,62)(H,54,63)(H,55,64)(H,56,65). The molecule has 0 bridgehead atoms. The third-order valence-electron chi connectivity index (χ3n) is 11.0. The maximum atomic E-state index is 13.6. The van der Waals surface area contributed by atoms with Crippen molar-refractivity contribution >= 4 is 66.8 Å². The third-order valence-corrected chi connectivity index (χ3v) is 13.7. The number of amides is 5. The van der Waals surface area contributed by atoms with Gasteiger partial charge >= 0.3 is 8.80 Å². The second-order valence-electron chi connectivity index (χ2n) is 16.2. The molecule has 0 saturated heterocycles. The molecule has 0 spiro atoms. The Hall–Kier alpha value is -6.61. The first-order valence-corrected chi connectivity index (χ1v) is 24.8. The molecule has 17 nitrogen and oxygen atoms in total. The predicted molar refractivity (Wildman–Crippen MR) is 273 cm³/mol. The Labute approximate surface area is 406 Å². The molecule has 366 valence electrons. The first-order valence-electron chi connectivity index (χ1n) is 22.8. The average molecular weight is 960 g/mol. The molecule has 0 saturated carbocycles. The van der Waals surface area contributed by atoms with Gasteiger partial charge in [-0.05, 0) is 60.7 Å². The van der Waals surface area contributed by atoms with E-state index in [0.29, 0.717) is 67.2 Å². The average Bonchev–Trinajstić information content (AvgIpc) is 3.35. The van der Waals surface area contributed by atoms with Crippen molar-refractivity contribution in [1.29, 1.82) is 0 Å². The fraction of sp³-hybridized carbons (Fsp3) is 0.314. The van der Waals surface area contributed by atoms with Crippen molar-refractivity contribution in [3.8, 4) is 0 Å². The number of nitrogens with one attached hydrogen (secondary N) is 5. The zero-order chi connectivity index (χ0) is 49.1. The molecule has 18 heteroatoms. The Morgan fingerprint density at radius 2 is 0.551 bits per heavy atom. The SMILES string of the molecule is CO[Si](CCN(CCN(CCN(CC(=O)Nc1ccccc1)CC(=O)Nc1ccccc1)CCN(CC(=O)Nc1ccccc1)CC(=O)Nc1ccccc1)CC(=O)Nc1ccccc1)(OC)OC. The van der Waals surface area contributed by atoms with Gasteiger partial charge in [-0.3, -0.25) is 43.6 Å². The molecule has 0 radical (unpaired) electrons.